The molecule has 1 N–H and O–H groups in total. The minimum atomic E-state index is -0.405. The van der Waals surface area contributed by atoms with Gasteiger partial charge < -0.3 is 4.74 Å². The molecule has 1 aromatic rings. The highest BCUT2D eigenvalue weighted by molar-refractivity contribution is 5.92. The first-order valence-electron chi connectivity index (χ1n) is 3.50. The molecule has 1 heterocycles. The molecule has 0 fully saturated rings. The number of nitrogens with zero attached hydrogens (tertiary/aromatic N) is 2. The van der Waals surface area contributed by atoms with Gasteiger partial charge in [-0.25, -0.2) is 20.3 Å². The van der Waals surface area contributed by atoms with Crippen LogP contribution in [0.1, 0.15) is 10.4 Å². The highest BCUT2D eigenvalue weighted by Gasteiger charge is 2.04. The Bertz CT molecular complexity index is 265. The summed E-state index contributed by atoms with van der Waals surface area (Å²) in [6.07, 6.45) is 4.11. The summed E-state index contributed by atoms with van der Waals surface area (Å²) in [5.74, 6) is -0.405. The summed E-state index contributed by atoms with van der Waals surface area (Å²) in [6.45, 7) is -0.000565. The Labute approximate surface area is 74.9 Å². The van der Waals surface area contributed by atoms with Crippen LogP contribution in [0, 0.1) is 0 Å². The zero-order chi connectivity index (χ0) is 9.52. The molecule has 6 heteroatoms. The summed E-state index contributed by atoms with van der Waals surface area (Å²) >= 11 is 0. The number of ether oxygens (including phenoxy) is 1. The van der Waals surface area contributed by atoms with Crippen molar-refractivity contribution in [3.05, 3.63) is 24.3 Å². The Kier molecular flexibility index (Phi) is 3.80. The molecular formula is C7H9N3O3. The molecule has 0 radical (unpaired) electrons. The van der Waals surface area contributed by atoms with Crippen molar-refractivity contribution in [2.45, 2.75) is 0 Å². The largest absolute Gasteiger partial charge is 0.356 e. The first-order valence-corrected chi connectivity index (χ1v) is 3.50. The van der Waals surface area contributed by atoms with Gasteiger partial charge in [0.1, 0.15) is 6.33 Å². The normalized spacial score (nSPS) is 9.62. The summed E-state index contributed by atoms with van der Waals surface area (Å²) in [4.78, 5) is 23.1. The van der Waals surface area contributed by atoms with Crippen LogP contribution >= 0.6 is 0 Å². The number of carbonyl (C=O) groups is 1. The van der Waals surface area contributed by atoms with E-state index in [1.807, 2.05) is 0 Å². The van der Waals surface area contributed by atoms with E-state index in [4.69, 9.17) is 0 Å². The maximum atomic E-state index is 11.1. The Morgan fingerprint density at radius 2 is 2.23 bits per heavy atom. The van der Waals surface area contributed by atoms with Crippen LogP contribution in [0.2, 0.25) is 0 Å². The van der Waals surface area contributed by atoms with Gasteiger partial charge in [0.2, 0.25) is 0 Å². The number of hydroxylamine groups is 1. The maximum Gasteiger partial charge on any atom is 0.278 e. The van der Waals surface area contributed by atoms with Crippen LogP contribution in [0.25, 0.3) is 0 Å². The van der Waals surface area contributed by atoms with Gasteiger partial charge in [0.05, 0.1) is 5.56 Å². The molecule has 1 rings (SSSR count). The minimum Gasteiger partial charge on any atom is -0.356 e. The third-order valence-corrected chi connectivity index (χ3v) is 1.16. The van der Waals surface area contributed by atoms with Gasteiger partial charge in [-0.05, 0) is 0 Å². The molecule has 0 aliphatic rings. The quantitative estimate of drug-likeness (QED) is 0.395. The van der Waals surface area contributed by atoms with E-state index in [1.165, 1.54) is 25.8 Å². The van der Waals surface area contributed by atoms with E-state index >= 15 is 0 Å². The number of rotatable bonds is 4. The highest BCUT2D eigenvalue weighted by atomic mass is 16.8. The number of aromatic nitrogens is 2. The molecule has 1 amide bonds. The second-order valence-corrected chi connectivity index (χ2v) is 2.11. The molecule has 13 heavy (non-hydrogen) atoms. The summed E-state index contributed by atoms with van der Waals surface area (Å²) in [5.41, 5.74) is 2.49. The predicted octanol–water partition coefficient (Wildman–Crippen LogP) is -0.258. The fourth-order valence-corrected chi connectivity index (χ4v) is 0.629. The molecule has 0 aliphatic carbocycles. The third-order valence-electron chi connectivity index (χ3n) is 1.16. The van der Waals surface area contributed by atoms with Crippen molar-refractivity contribution in [2.24, 2.45) is 0 Å². The topological polar surface area (TPSA) is 73.3 Å². The fourth-order valence-electron chi connectivity index (χ4n) is 0.629. The monoisotopic (exact) mass is 183 g/mol. The van der Waals surface area contributed by atoms with Gasteiger partial charge in [-0.2, -0.15) is 0 Å². The van der Waals surface area contributed by atoms with Gasteiger partial charge in [-0.3, -0.25) is 4.79 Å². The standard InChI is InChI=1S/C7H9N3O3/c1-12-5-13-10-7(11)6-2-8-4-9-3-6/h2-4H,5H2,1H3,(H,10,11). The van der Waals surface area contributed by atoms with E-state index in [-0.39, 0.29) is 6.79 Å². The summed E-state index contributed by atoms with van der Waals surface area (Å²) in [7, 11) is 1.46. The Balaban J connectivity index is 2.40. The third kappa shape index (κ3) is 3.14. The lowest BCUT2D eigenvalue weighted by atomic mass is 10.3. The smallest absolute Gasteiger partial charge is 0.278 e. The molecule has 0 saturated heterocycles. The average molecular weight is 183 g/mol. The molecule has 0 aromatic carbocycles. The molecule has 0 atom stereocenters. The number of nitrogens with one attached hydrogen (secondary N) is 1. The van der Waals surface area contributed by atoms with E-state index < -0.39 is 5.91 Å². The van der Waals surface area contributed by atoms with E-state index in [0.717, 1.165) is 0 Å². The summed E-state index contributed by atoms with van der Waals surface area (Å²) in [6, 6.07) is 0. The van der Waals surface area contributed by atoms with Crippen molar-refractivity contribution in [1.29, 1.82) is 0 Å². The van der Waals surface area contributed by atoms with Gasteiger partial charge in [0.25, 0.3) is 5.91 Å². The van der Waals surface area contributed by atoms with Gasteiger partial charge in [-0.15, -0.1) is 0 Å². The average Bonchev–Trinajstić information content (AvgIpc) is 2.19. The van der Waals surface area contributed by atoms with Crippen molar-refractivity contribution >= 4 is 5.91 Å². The van der Waals surface area contributed by atoms with E-state index in [2.05, 4.69) is 25.0 Å². The zero-order valence-corrected chi connectivity index (χ0v) is 7.06. The summed E-state index contributed by atoms with van der Waals surface area (Å²) < 4.78 is 4.56. The molecule has 1 aromatic heterocycles. The van der Waals surface area contributed by atoms with E-state index in [0.29, 0.717) is 5.56 Å². The molecular weight excluding hydrogens is 174 g/mol. The molecule has 70 valence electrons. The van der Waals surface area contributed by atoms with Crippen molar-refractivity contribution in [2.75, 3.05) is 13.9 Å². The Hall–Kier alpha value is -1.53. The second kappa shape index (κ2) is 5.18. The lowest BCUT2D eigenvalue weighted by Crippen LogP contribution is -2.24. The van der Waals surface area contributed by atoms with Gasteiger partial charge in [0, 0.05) is 19.5 Å². The van der Waals surface area contributed by atoms with Crippen LogP contribution in [0.4, 0.5) is 0 Å². The fraction of sp³-hybridized carbons (Fsp3) is 0.286. The number of carbonyl (C=O) groups excluding carboxylic acids is 1. The molecule has 0 saturated carbocycles. The van der Waals surface area contributed by atoms with Gasteiger partial charge in [0.15, 0.2) is 6.79 Å². The van der Waals surface area contributed by atoms with E-state index in [1.54, 1.807) is 0 Å². The van der Waals surface area contributed by atoms with Crippen LogP contribution < -0.4 is 5.48 Å². The first-order chi connectivity index (χ1) is 6.34. The van der Waals surface area contributed by atoms with Crippen molar-refractivity contribution in [3.8, 4) is 0 Å². The SMILES string of the molecule is COCONC(=O)c1cncnc1. The van der Waals surface area contributed by atoms with Crippen LogP contribution in [0.3, 0.4) is 0 Å². The molecule has 0 bridgehead atoms. The van der Waals surface area contributed by atoms with Crippen molar-refractivity contribution in [3.63, 3.8) is 0 Å². The lowest BCUT2D eigenvalue weighted by molar-refractivity contribution is -0.0704. The first kappa shape index (κ1) is 9.56. The number of hydrogen-bond acceptors (Lipinski definition) is 5. The molecule has 0 aliphatic heterocycles. The number of methoxy groups -OCH3 is 1. The number of hydrogen-bond donors (Lipinski definition) is 1. The van der Waals surface area contributed by atoms with Crippen LogP contribution in [-0.4, -0.2) is 29.8 Å². The van der Waals surface area contributed by atoms with Crippen LogP contribution in [-0.2, 0) is 9.57 Å². The molecule has 0 unspecified atom stereocenters. The molecule has 0 spiro atoms. The van der Waals surface area contributed by atoms with Crippen LogP contribution in [0.5, 0.6) is 0 Å². The van der Waals surface area contributed by atoms with Gasteiger partial charge >= 0.3 is 0 Å². The second-order valence-electron chi connectivity index (χ2n) is 2.11. The Morgan fingerprint density at radius 3 is 2.85 bits per heavy atom. The number of amides is 1. The van der Waals surface area contributed by atoms with Crippen molar-refractivity contribution < 1.29 is 14.4 Å². The maximum absolute atomic E-state index is 11.1. The lowest BCUT2D eigenvalue weighted by Gasteiger charge is -2.02. The van der Waals surface area contributed by atoms with Gasteiger partial charge in [-0.1, -0.05) is 0 Å². The predicted molar refractivity (Wildman–Crippen MR) is 42.5 cm³/mol. The summed E-state index contributed by atoms with van der Waals surface area (Å²) in [5, 5.41) is 0. The Morgan fingerprint density at radius 1 is 1.54 bits per heavy atom. The van der Waals surface area contributed by atoms with Crippen LogP contribution in [0.15, 0.2) is 18.7 Å². The zero-order valence-electron chi connectivity index (χ0n) is 7.06. The highest BCUT2D eigenvalue weighted by Crippen LogP contribution is 1.91. The van der Waals surface area contributed by atoms with E-state index in [9.17, 15) is 4.79 Å². The molecule has 6 nitrogen and oxygen atoms in total. The van der Waals surface area contributed by atoms with Crippen molar-refractivity contribution in [1.82, 2.24) is 15.4 Å². The minimum absolute atomic E-state index is 0.000565.